The molecule has 5 nitrogen and oxygen atoms in total. The summed E-state index contributed by atoms with van der Waals surface area (Å²) < 4.78 is 11.0. The molecular weight excluding hydrogens is 302 g/mol. The minimum atomic E-state index is 0.354. The van der Waals surface area contributed by atoms with Gasteiger partial charge < -0.3 is 20.1 Å². The minimum absolute atomic E-state index is 0.354. The molecule has 1 rings (SSSR count). The molecule has 0 aromatic heterocycles. The molecule has 24 heavy (non-hydrogen) atoms. The van der Waals surface area contributed by atoms with Crippen molar-refractivity contribution in [3.63, 3.8) is 0 Å². The summed E-state index contributed by atoms with van der Waals surface area (Å²) in [7, 11) is 0. The first-order valence-corrected chi connectivity index (χ1v) is 9.94. The molecule has 0 radical (unpaired) electrons. The number of hydrogen-bond acceptors (Lipinski definition) is 3. The van der Waals surface area contributed by atoms with E-state index in [0.717, 1.165) is 71.3 Å². The summed E-state index contributed by atoms with van der Waals surface area (Å²) in [5, 5.41) is 6.83. The van der Waals surface area contributed by atoms with Crippen molar-refractivity contribution in [2.75, 3.05) is 46.1 Å². The van der Waals surface area contributed by atoms with E-state index in [9.17, 15) is 0 Å². The van der Waals surface area contributed by atoms with Gasteiger partial charge in [0.2, 0.25) is 0 Å². The molecule has 2 N–H and O–H groups in total. The summed E-state index contributed by atoms with van der Waals surface area (Å²) in [5.74, 6) is 0.955. The first kappa shape index (κ1) is 21.2. The van der Waals surface area contributed by atoms with Gasteiger partial charge in [-0.15, -0.1) is 0 Å². The van der Waals surface area contributed by atoms with Crippen LogP contribution in [-0.4, -0.2) is 52.0 Å². The van der Waals surface area contributed by atoms with Crippen LogP contribution in [0, 0.1) is 5.41 Å². The third-order valence-corrected chi connectivity index (χ3v) is 4.77. The van der Waals surface area contributed by atoms with E-state index in [4.69, 9.17) is 14.5 Å². The molecule has 0 spiro atoms. The molecule has 0 aromatic carbocycles. The molecule has 0 bridgehead atoms. The van der Waals surface area contributed by atoms with Crippen LogP contribution in [0.1, 0.15) is 65.7 Å². The quantitative estimate of drug-likeness (QED) is 0.306. The van der Waals surface area contributed by atoms with Crippen molar-refractivity contribution in [1.29, 1.82) is 0 Å². The predicted octanol–water partition coefficient (Wildman–Crippen LogP) is 3.35. The van der Waals surface area contributed by atoms with Crippen molar-refractivity contribution < 1.29 is 9.47 Å². The number of nitrogens with zero attached hydrogens (tertiary/aromatic N) is 1. The molecule has 0 unspecified atom stereocenters. The highest BCUT2D eigenvalue weighted by Crippen LogP contribution is 2.41. The van der Waals surface area contributed by atoms with Gasteiger partial charge in [-0.1, -0.05) is 12.8 Å². The monoisotopic (exact) mass is 341 g/mol. The Morgan fingerprint density at radius 1 is 0.958 bits per heavy atom. The van der Waals surface area contributed by atoms with Gasteiger partial charge >= 0.3 is 0 Å². The van der Waals surface area contributed by atoms with Crippen LogP contribution in [0.5, 0.6) is 0 Å². The lowest BCUT2D eigenvalue weighted by Gasteiger charge is -2.27. The second kappa shape index (κ2) is 13.5. The van der Waals surface area contributed by atoms with Crippen molar-refractivity contribution in [3.05, 3.63) is 0 Å². The summed E-state index contributed by atoms with van der Waals surface area (Å²) >= 11 is 0. The first-order valence-electron chi connectivity index (χ1n) is 9.94. The van der Waals surface area contributed by atoms with Crippen LogP contribution in [0.4, 0.5) is 0 Å². The number of nitrogens with one attached hydrogen (secondary N) is 2. The molecule has 0 atom stereocenters. The van der Waals surface area contributed by atoms with Gasteiger partial charge in [-0.05, 0) is 58.3 Å². The Morgan fingerprint density at radius 3 is 2.33 bits per heavy atom. The lowest BCUT2D eigenvalue weighted by atomic mass is 9.83. The third kappa shape index (κ3) is 8.88. The number of ether oxygens (including phenoxy) is 2. The maximum atomic E-state index is 5.59. The molecule has 5 heteroatoms. The van der Waals surface area contributed by atoms with E-state index in [1.54, 1.807) is 0 Å². The van der Waals surface area contributed by atoms with E-state index in [1.165, 1.54) is 25.7 Å². The van der Waals surface area contributed by atoms with E-state index in [0.29, 0.717) is 5.41 Å². The topological polar surface area (TPSA) is 54.9 Å². The second-order valence-corrected chi connectivity index (χ2v) is 6.68. The standard InChI is InChI=1S/C19H39N3O2/c1-4-20-18(21-14-9-10-15-23-5-2)22-17-19(11-7-8-12-19)13-16-24-6-3/h4-17H2,1-3H3,(H2,20,21,22). The minimum Gasteiger partial charge on any atom is -0.382 e. The van der Waals surface area contributed by atoms with Gasteiger partial charge in [-0.3, -0.25) is 4.99 Å². The van der Waals surface area contributed by atoms with E-state index >= 15 is 0 Å². The van der Waals surface area contributed by atoms with Gasteiger partial charge in [-0.25, -0.2) is 0 Å². The predicted molar refractivity (Wildman–Crippen MR) is 102 cm³/mol. The molecule has 1 aliphatic carbocycles. The van der Waals surface area contributed by atoms with Gasteiger partial charge in [0.25, 0.3) is 0 Å². The third-order valence-electron chi connectivity index (χ3n) is 4.77. The largest absolute Gasteiger partial charge is 0.382 e. The molecular formula is C19H39N3O2. The zero-order chi connectivity index (χ0) is 17.5. The van der Waals surface area contributed by atoms with E-state index in [2.05, 4.69) is 24.5 Å². The number of aliphatic imine (C=N–C) groups is 1. The number of hydrogen-bond donors (Lipinski definition) is 2. The van der Waals surface area contributed by atoms with Gasteiger partial charge in [0, 0.05) is 46.1 Å². The molecule has 1 fully saturated rings. The highest BCUT2D eigenvalue weighted by atomic mass is 16.5. The second-order valence-electron chi connectivity index (χ2n) is 6.68. The molecule has 1 aliphatic rings. The number of guanidine groups is 1. The van der Waals surface area contributed by atoms with E-state index in [1.807, 2.05) is 6.92 Å². The summed E-state index contributed by atoms with van der Waals surface area (Å²) in [4.78, 5) is 4.89. The van der Waals surface area contributed by atoms with Crippen LogP contribution in [0.2, 0.25) is 0 Å². The molecule has 142 valence electrons. The highest BCUT2D eigenvalue weighted by Gasteiger charge is 2.33. The van der Waals surface area contributed by atoms with E-state index in [-0.39, 0.29) is 0 Å². The summed E-state index contributed by atoms with van der Waals surface area (Å²) in [6.07, 6.45) is 8.59. The van der Waals surface area contributed by atoms with Gasteiger partial charge in [0.1, 0.15) is 0 Å². The summed E-state index contributed by atoms with van der Waals surface area (Å²) in [6.45, 7) is 12.3. The Morgan fingerprint density at radius 2 is 1.67 bits per heavy atom. The Hall–Kier alpha value is -0.810. The fraction of sp³-hybridized carbons (Fsp3) is 0.947. The van der Waals surface area contributed by atoms with Crippen LogP contribution in [0.25, 0.3) is 0 Å². The SMILES string of the molecule is CCNC(=NCC1(CCOCC)CCCC1)NCCCCOCC. The zero-order valence-electron chi connectivity index (χ0n) is 16.2. The van der Waals surface area contributed by atoms with Crippen LogP contribution in [0.15, 0.2) is 4.99 Å². The van der Waals surface area contributed by atoms with Gasteiger partial charge in [0.15, 0.2) is 5.96 Å². The zero-order valence-corrected chi connectivity index (χ0v) is 16.2. The van der Waals surface area contributed by atoms with Gasteiger partial charge in [0.05, 0.1) is 0 Å². The molecule has 0 aromatic rings. The van der Waals surface area contributed by atoms with Crippen molar-refractivity contribution in [1.82, 2.24) is 10.6 Å². The van der Waals surface area contributed by atoms with Crippen LogP contribution < -0.4 is 10.6 Å². The Bertz CT molecular complexity index is 329. The van der Waals surface area contributed by atoms with Crippen molar-refractivity contribution in [2.24, 2.45) is 10.4 Å². The van der Waals surface area contributed by atoms with Crippen molar-refractivity contribution in [3.8, 4) is 0 Å². The Balaban J connectivity index is 2.40. The fourth-order valence-electron chi connectivity index (χ4n) is 3.31. The van der Waals surface area contributed by atoms with Crippen LogP contribution in [0.3, 0.4) is 0 Å². The summed E-state index contributed by atoms with van der Waals surface area (Å²) in [6, 6.07) is 0. The first-order chi connectivity index (χ1) is 11.8. The molecule has 0 amide bonds. The lowest BCUT2D eigenvalue weighted by molar-refractivity contribution is 0.107. The fourth-order valence-corrected chi connectivity index (χ4v) is 3.31. The number of unbranched alkanes of at least 4 members (excludes halogenated alkanes) is 1. The Labute approximate surface area is 149 Å². The summed E-state index contributed by atoms with van der Waals surface area (Å²) in [5.41, 5.74) is 0.354. The maximum absolute atomic E-state index is 5.59. The van der Waals surface area contributed by atoms with E-state index < -0.39 is 0 Å². The van der Waals surface area contributed by atoms with Crippen molar-refractivity contribution in [2.45, 2.75) is 65.7 Å². The maximum Gasteiger partial charge on any atom is 0.191 e. The highest BCUT2D eigenvalue weighted by molar-refractivity contribution is 5.79. The average molecular weight is 342 g/mol. The smallest absolute Gasteiger partial charge is 0.191 e. The molecule has 0 aliphatic heterocycles. The molecule has 0 heterocycles. The number of rotatable bonds is 13. The van der Waals surface area contributed by atoms with Crippen LogP contribution >= 0.6 is 0 Å². The average Bonchev–Trinajstić information content (AvgIpc) is 3.05. The van der Waals surface area contributed by atoms with Crippen LogP contribution in [-0.2, 0) is 9.47 Å². The lowest BCUT2D eigenvalue weighted by Crippen LogP contribution is -2.39. The van der Waals surface area contributed by atoms with Crippen molar-refractivity contribution >= 4 is 5.96 Å². The normalized spacial score (nSPS) is 17.2. The Kier molecular flexibility index (Phi) is 11.9. The molecule has 1 saturated carbocycles. The van der Waals surface area contributed by atoms with Gasteiger partial charge in [-0.2, -0.15) is 0 Å². The molecule has 0 saturated heterocycles.